The van der Waals surface area contributed by atoms with Gasteiger partial charge >= 0.3 is 0 Å². The molecule has 2 heterocycles. The Morgan fingerprint density at radius 2 is 2.10 bits per heavy atom. The average molecular weight is 339 g/mol. The molecule has 1 aromatic carbocycles. The van der Waals surface area contributed by atoms with Gasteiger partial charge in [0, 0.05) is 28.9 Å². The molecule has 0 aromatic heterocycles. The lowest BCUT2D eigenvalue weighted by molar-refractivity contribution is -0.134. The van der Waals surface area contributed by atoms with E-state index < -0.39 is 0 Å². The van der Waals surface area contributed by atoms with E-state index >= 15 is 0 Å². The van der Waals surface area contributed by atoms with Crippen LogP contribution in [0, 0.1) is 0 Å². The molecule has 0 radical (unpaired) electrons. The minimum Gasteiger partial charge on any atom is -0.493 e. The lowest BCUT2D eigenvalue weighted by Gasteiger charge is -2.31. The van der Waals surface area contributed by atoms with Crippen LogP contribution >= 0.6 is 15.9 Å². The van der Waals surface area contributed by atoms with Crippen molar-refractivity contribution >= 4 is 27.7 Å². The molecule has 2 unspecified atom stereocenters. The number of hydrogen-bond donors (Lipinski definition) is 2. The van der Waals surface area contributed by atoms with Crippen molar-refractivity contribution in [1.29, 1.82) is 0 Å². The molecule has 2 aliphatic heterocycles. The van der Waals surface area contributed by atoms with Crippen LogP contribution in [0.4, 0.5) is 0 Å². The molecule has 3 rings (SSSR count). The Hall–Kier alpha value is -1.40. The predicted octanol–water partition coefficient (Wildman–Crippen LogP) is 1.67. The fraction of sp³-hybridized carbons (Fsp3) is 0.429. The van der Waals surface area contributed by atoms with Gasteiger partial charge < -0.3 is 4.74 Å². The summed E-state index contributed by atoms with van der Waals surface area (Å²) < 4.78 is 6.61. The molecule has 5 nitrogen and oxygen atoms in total. The molecular weight excluding hydrogens is 324 g/mol. The van der Waals surface area contributed by atoms with E-state index in [4.69, 9.17) is 4.74 Å². The second kappa shape index (κ2) is 5.54. The number of benzene rings is 1. The SMILES string of the molecule is O=C1CCC(NC2CCOc3ccc(Br)cc32)C(=O)N1. The van der Waals surface area contributed by atoms with Crippen molar-refractivity contribution in [3.05, 3.63) is 28.2 Å². The minimum atomic E-state index is -0.317. The number of piperidine rings is 1. The Morgan fingerprint density at radius 1 is 1.25 bits per heavy atom. The van der Waals surface area contributed by atoms with Crippen molar-refractivity contribution in [2.24, 2.45) is 0 Å². The van der Waals surface area contributed by atoms with Crippen molar-refractivity contribution < 1.29 is 14.3 Å². The number of amides is 2. The zero-order valence-corrected chi connectivity index (χ0v) is 12.4. The molecule has 1 aromatic rings. The first kappa shape index (κ1) is 13.6. The Labute approximate surface area is 125 Å². The normalized spacial score (nSPS) is 25.6. The quantitative estimate of drug-likeness (QED) is 0.805. The van der Waals surface area contributed by atoms with E-state index in [-0.39, 0.29) is 23.9 Å². The highest BCUT2D eigenvalue weighted by Crippen LogP contribution is 2.34. The zero-order chi connectivity index (χ0) is 14.1. The summed E-state index contributed by atoms with van der Waals surface area (Å²) in [5.74, 6) is 0.428. The molecule has 106 valence electrons. The Kier molecular flexibility index (Phi) is 3.76. The van der Waals surface area contributed by atoms with Crippen LogP contribution in [0.5, 0.6) is 5.75 Å². The van der Waals surface area contributed by atoms with E-state index in [1.54, 1.807) is 0 Å². The zero-order valence-electron chi connectivity index (χ0n) is 10.8. The van der Waals surface area contributed by atoms with Gasteiger partial charge in [-0.2, -0.15) is 0 Å². The number of hydrogen-bond acceptors (Lipinski definition) is 4. The first-order valence-electron chi connectivity index (χ1n) is 6.65. The average Bonchev–Trinajstić information content (AvgIpc) is 2.42. The summed E-state index contributed by atoms with van der Waals surface area (Å²) in [6.45, 7) is 0.625. The van der Waals surface area contributed by atoms with Gasteiger partial charge in [-0.3, -0.25) is 20.2 Å². The van der Waals surface area contributed by atoms with E-state index in [0.717, 1.165) is 22.2 Å². The number of ether oxygens (including phenoxy) is 1. The van der Waals surface area contributed by atoms with Crippen LogP contribution in [0.2, 0.25) is 0 Å². The Bertz CT molecular complexity index is 561. The summed E-state index contributed by atoms with van der Waals surface area (Å²) in [6.07, 6.45) is 1.74. The Morgan fingerprint density at radius 3 is 2.90 bits per heavy atom. The second-order valence-corrected chi connectivity index (χ2v) is 5.96. The third-order valence-electron chi connectivity index (χ3n) is 3.65. The monoisotopic (exact) mass is 338 g/mol. The van der Waals surface area contributed by atoms with E-state index in [2.05, 4.69) is 26.6 Å². The first-order chi connectivity index (χ1) is 9.63. The summed E-state index contributed by atoms with van der Waals surface area (Å²) >= 11 is 3.46. The molecule has 20 heavy (non-hydrogen) atoms. The molecule has 1 fully saturated rings. The summed E-state index contributed by atoms with van der Waals surface area (Å²) in [5, 5.41) is 5.72. The van der Waals surface area contributed by atoms with Gasteiger partial charge in [0.2, 0.25) is 11.8 Å². The summed E-state index contributed by atoms with van der Waals surface area (Å²) in [6, 6.07) is 5.63. The molecule has 6 heteroatoms. The molecular formula is C14H15BrN2O3. The van der Waals surface area contributed by atoms with Crippen LogP contribution in [0.25, 0.3) is 0 Å². The van der Waals surface area contributed by atoms with Crippen LogP contribution in [0.15, 0.2) is 22.7 Å². The fourth-order valence-corrected chi connectivity index (χ4v) is 3.01. The van der Waals surface area contributed by atoms with Gasteiger partial charge in [0.25, 0.3) is 0 Å². The third kappa shape index (κ3) is 2.71. The van der Waals surface area contributed by atoms with Gasteiger partial charge in [-0.05, 0) is 24.6 Å². The van der Waals surface area contributed by atoms with Crippen LogP contribution < -0.4 is 15.4 Å². The Balaban J connectivity index is 1.77. The van der Waals surface area contributed by atoms with E-state index in [1.165, 1.54) is 0 Å². The first-order valence-corrected chi connectivity index (χ1v) is 7.45. The molecule has 0 aliphatic carbocycles. The van der Waals surface area contributed by atoms with Gasteiger partial charge in [-0.1, -0.05) is 15.9 Å². The number of rotatable bonds is 2. The van der Waals surface area contributed by atoms with Crippen LogP contribution in [0.1, 0.15) is 30.9 Å². The summed E-state index contributed by atoms with van der Waals surface area (Å²) in [7, 11) is 0. The maximum atomic E-state index is 11.8. The third-order valence-corrected chi connectivity index (χ3v) is 4.15. The molecule has 2 aliphatic rings. The maximum Gasteiger partial charge on any atom is 0.243 e. The number of carbonyl (C=O) groups excluding carboxylic acids is 2. The largest absolute Gasteiger partial charge is 0.493 e. The van der Waals surface area contributed by atoms with Crippen molar-refractivity contribution in [2.75, 3.05) is 6.61 Å². The lowest BCUT2D eigenvalue weighted by atomic mass is 9.97. The topological polar surface area (TPSA) is 67.4 Å². The number of imide groups is 1. The van der Waals surface area contributed by atoms with Crippen LogP contribution in [-0.4, -0.2) is 24.5 Å². The minimum absolute atomic E-state index is 0.0696. The maximum absolute atomic E-state index is 11.8. The smallest absolute Gasteiger partial charge is 0.243 e. The summed E-state index contributed by atoms with van der Waals surface area (Å²) in [4.78, 5) is 23.0. The molecule has 2 amide bonds. The number of carbonyl (C=O) groups is 2. The highest BCUT2D eigenvalue weighted by atomic mass is 79.9. The van der Waals surface area contributed by atoms with Crippen LogP contribution in [0.3, 0.4) is 0 Å². The molecule has 0 bridgehead atoms. The van der Waals surface area contributed by atoms with E-state index in [0.29, 0.717) is 19.4 Å². The predicted molar refractivity (Wildman–Crippen MR) is 76.3 cm³/mol. The summed E-state index contributed by atoms with van der Waals surface area (Å²) in [5.41, 5.74) is 1.05. The van der Waals surface area contributed by atoms with Crippen molar-refractivity contribution in [3.8, 4) is 5.75 Å². The molecule has 2 atom stereocenters. The van der Waals surface area contributed by atoms with Gasteiger partial charge in [-0.15, -0.1) is 0 Å². The van der Waals surface area contributed by atoms with Crippen molar-refractivity contribution in [2.45, 2.75) is 31.3 Å². The van der Waals surface area contributed by atoms with E-state index in [1.807, 2.05) is 18.2 Å². The standard InChI is InChI=1S/C14H15BrN2O3/c15-8-1-3-12-9(7-8)10(5-6-20-12)16-11-2-4-13(18)17-14(11)19/h1,3,7,10-11,16H,2,4-6H2,(H,17,18,19). The lowest BCUT2D eigenvalue weighted by Crippen LogP contribution is -2.51. The van der Waals surface area contributed by atoms with Gasteiger partial charge in [-0.25, -0.2) is 0 Å². The van der Waals surface area contributed by atoms with Gasteiger partial charge in [0.15, 0.2) is 0 Å². The molecule has 1 saturated heterocycles. The van der Waals surface area contributed by atoms with E-state index in [9.17, 15) is 9.59 Å². The molecule has 0 saturated carbocycles. The highest BCUT2D eigenvalue weighted by Gasteiger charge is 2.31. The number of fused-ring (bicyclic) bond motifs is 1. The fourth-order valence-electron chi connectivity index (χ4n) is 2.63. The van der Waals surface area contributed by atoms with Gasteiger partial charge in [0.1, 0.15) is 5.75 Å². The van der Waals surface area contributed by atoms with Crippen molar-refractivity contribution in [1.82, 2.24) is 10.6 Å². The molecule has 0 spiro atoms. The number of nitrogens with one attached hydrogen (secondary N) is 2. The molecule has 2 N–H and O–H groups in total. The second-order valence-electron chi connectivity index (χ2n) is 5.04. The van der Waals surface area contributed by atoms with Crippen molar-refractivity contribution in [3.63, 3.8) is 0 Å². The highest BCUT2D eigenvalue weighted by molar-refractivity contribution is 9.10. The number of halogens is 1. The van der Waals surface area contributed by atoms with Crippen LogP contribution in [-0.2, 0) is 9.59 Å². The van der Waals surface area contributed by atoms with Gasteiger partial charge in [0.05, 0.1) is 12.6 Å².